The van der Waals surface area contributed by atoms with Gasteiger partial charge < -0.3 is 5.11 Å². The zero-order valence-electron chi connectivity index (χ0n) is 10.8. The molecule has 1 N–H and O–H groups in total. The van der Waals surface area contributed by atoms with Crippen molar-refractivity contribution in [3.63, 3.8) is 0 Å². The molecule has 1 saturated carbocycles. The van der Waals surface area contributed by atoms with Crippen molar-refractivity contribution in [1.29, 1.82) is 0 Å². The third-order valence-corrected chi connectivity index (χ3v) is 3.72. The molecule has 100 valence electrons. The monoisotopic (exact) mass is 266 g/mol. The first-order chi connectivity index (χ1) is 9.66. The third-order valence-electron chi connectivity index (χ3n) is 3.72. The van der Waals surface area contributed by atoms with Crippen molar-refractivity contribution < 1.29 is 14.7 Å². The summed E-state index contributed by atoms with van der Waals surface area (Å²) in [5, 5.41) is 8.86. The maximum absolute atomic E-state index is 12.1. The van der Waals surface area contributed by atoms with Gasteiger partial charge in [0.2, 0.25) is 0 Å². The largest absolute Gasteiger partial charge is 0.481 e. The molecule has 1 aliphatic carbocycles. The Bertz CT molecular complexity index is 644. The number of hydrogen-bond acceptors (Lipinski definition) is 2. The first-order valence-corrected chi connectivity index (χ1v) is 6.59. The molecule has 0 bridgehead atoms. The summed E-state index contributed by atoms with van der Waals surface area (Å²) in [7, 11) is 0. The zero-order chi connectivity index (χ0) is 14.1. The predicted octanol–water partition coefficient (Wildman–Crippen LogP) is 3.26. The van der Waals surface area contributed by atoms with Gasteiger partial charge in [0, 0.05) is 11.5 Å². The van der Waals surface area contributed by atoms with E-state index in [2.05, 4.69) is 0 Å². The third kappa shape index (κ3) is 2.35. The summed E-state index contributed by atoms with van der Waals surface area (Å²) >= 11 is 0. The second-order valence-corrected chi connectivity index (χ2v) is 5.09. The van der Waals surface area contributed by atoms with E-state index in [0.717, 1.165) is 11.1 Å². The van der Waals surface area contributed by atoms with E-state index in [1.165, 1.54) is 0 Å². The number of ketones is 1. The van der Waals surface area contributed by atoms with Gasteiger partial charge in [-0.15, -0.1) is 0 Å². The number of hydrogen-bond donors (Lipinski definition) is 1. The van der Waals surface area contributed by atoms with E-state index in [9.17, 15) is 9.59 Å². The molecule has 0 aliphatic heterocycles. The van der Waals surface area contributed by atoms with E-state index in [-0.39, 0.29) is 11.7 Å². The summed E-state index contributed by atoms with van der Waals surface area (Å²) in [5.74, 6) is -1.76. The fraction of sp³-hybridized carbons (Fsp3) is 0.176. The number of carbonyl (C=O) groups is 2. The molecule has 0 heterocycles. The second kappa shape index (κ2) is 4.93. The van der Waals surface area contributed by atoms with Gasteiger partial charge in [-0.1, -0.05) is 54.6 Å². The number of carboxylic acids is 1. The Balaban J connectivity index is 1.77. The van der Waals surface area contributed by atoms with Gasteiger partial charge in [0.15, 0.2) is 5.78 Å². The molecule has 20 heavy (non-hydrogen) atoms. The Labute approximate surface area is 116 Å². The Kier molecular flexibility index (Phi) is 3.11. The van der Waals surface area contributed by atoms with E-state index in [1.807, 2.05) is 42.5 Å². The van der Waals surface area contributed by atoms with Crippen LogP contribution in [0.25, 0.3) is 11.1 Å². The van der Waals surface area contributed by atoms with E-state index >= 15 is 0 Å². The minimum absolute atomic E-state index is 0.0583. The Morgan fingerprint density at radius 3 is 2.00 bits per heavy atom. The van der Waals surface area contributed by atoms with Crippen LogP contribution in [-0.2, 0) is 4.79 Å². The number of aliphatic carboxylic acids is 1. The average Bonchev–Trinajstić information content (AvgIpc) is 3.28. The van der Waals surface area contributed by atoms with Crippen molar-refractivity contribution in [2.45, 2.75) is 6.42 Å². The molecule has 0 saturated heterocycles. The molecule has 2 atom stereocenters. The van der Waals surface area contributed by atoms with Gasteiger partial charge in [0.05, 0.1) is 5.92 Å². The highest BCUT2D eigenvalue weighted by molar-refractivity contribution is 6.02. The van der Waals surface area contributed by atoms with E-state index in [4.69, 9.17) is 5.11 Å². The molecule has 2 aromatic rings. The second-order valence-electron chi connectivity index (χ2n) is 5.09. The van der Waals surface area contributed by atoms with Gasteiger partial charge in [0.1, 0.15) is 0 Å². The van der Waals surface area contributed by atoms with Crippen molar-refractivity contribution in [3.05, 3.63) is 60.2 Å². The van der Waals surface area contributed by atoms with Crippen LogP contribution in [0, 0.1) is 11.8 Å². The van der Waals surface area contributed by atoms with Crippen LogP contribution >= 0.6 is 0 Å². The van der Waals surface area contributed by atoms with Gasteiger partial charge >= 0.3 is 5.97 Å². The lowest BCUT2D eigenvalue weighted by Crippen LogP contribution is -2.08. The molecule has 3 heteroatoms. The van der Waals surface area contributed by atoms with Crippen molar-refractivity contribution >= 4 is 11.8 Å². The van der Waals surface area contributed by atoms with Crippen molar-refractivity contribution in [3.8, 4) is 11.1 Å². The quantitative estimate of drug-likeness (QED) is 0.864. The number of carbonyl (C=O) groups excluding carboxylic acids is 1. The van der Waals surface area contributed by atoms with Crippen LogP contribution in [0.3, 0.4) is 0 Å². The van der Waals surface area contributed by atoms with Crippen LogP contribution < -0.4 is 0 Å². The summed E-state index contributed by atoms with van der Waals surface area (Å²) in [6.07, 6.45) is 0.467. The zero-order valence-corrected chi connectivity index (χ0v) is 10.8. The first kappa shape index (κ1) is 12.6. The molecule has 3 rings (SSSR count). The highest BCUT2D eigenvalue weighted by Crippen LogP contribution is 2.41. The normalized spacial score (nSPS) is 20.4. The molecule has 1 fully saturated rings. The Hall–Kier alpha value is -2.42. The highest BCUT2D eigenvalue weighted by Gasteiger charge is 2.48. The van der Waals surface area contributed by atoms with Gasteiger partial charge in [-0.25, -0.2) is 0 Å². The number of rotatable bonds is 4. The highest BCUT2D eigenvalue weighted by atomic mass is 16.4. The minimum atomic E-state index is -0.871. The summed E-state index contributed by atoms with van der Waals surface area (Å²) in [5.41, 5.74) is 2.74. The fourth-order valence-corrected chi connectivity index (χ4v) is 2.43. The average molecular weight is 266 g/mol. The molecular formula is C17H14O3. The molecule has 2 aromatic carbocycles. The van der Waals surface area contributed by atoms with E-state index < -0.39 is 11.9 Å². The summed E-state index contributed by atoms with van der Waals surface area (Å²) in [6.45, 7) is 0. The Morgan fingerprint density at radius 1 is 0.850 bits per heavy atom. The Morgan fingerprint density at radius 2 is 1.45 bits per heavy atom. The maximum Gasteiger partial charge on any atom is 0.307 e. The van der Waals surface area contributed by atoms with Gasteiger partial charge in [-0.05, 0) is 17.5 Å². The number of carboxylic acid groups (broad SMARTS) is 1. The van der Waals surface area contributed by atoms with Crippen LogP contribution in [0.2, 0.25) is 0 Å². The number of benzene rings is 2. The summed E-state index contributed by atoms with van der Waals surface area (Å²) in [6, 6.07) is 17.3. The molecule has 3 nitrogen and oxygen atoms in total. The van der Waals surface area contributed by atoms with Gasteiger partial charge in [-0.2, -0.15) is 0 Å². The van der Waals surface area contributed by atoms with Gasteiger partial charge in [-0.3, -0.25) is 9.59 Å². The van der Waals surface area contributed by atoms with Gasteiger partial charge in [0.25, 0.3) is 0 Å². The smallest absolute Gasteiger partial charge is 0.307 e. The first-order valence-electron chi connectivity index (χ1n) is 6.59. The molecule has 0 aromatic heterocycles. The lowest BCUT2D eigenvalue weighted by atomic mass is 10.0. The van der Waals surface area contributed by atoms with E-state index in [0.29, 0.717) is 12.0 Å². The lowest BCUT2D eigenvalue weighted by Gasteiger charge is -2.03. The van der Waals surface area contributed by atoms with Crippen LogP contribution in [0.1, 0.15) is 16.8 Å². The summed E-state index contributed by atoms with van der Waals surface area (Å²) < 4.78 is 0. The van der Waals surface area contributed by atoms with Crippen molar-refractivity contribution in [2.75, 3.05) is 0 Å². The maximum atomic E-state index is 12.1. The lowest BCUT2D eigenvalue weighted by molar-refractivity contribution is -0.138. The molecule has 0 radical (unpaired) electrons. The molecule has 0 amide bonds. The van der Waals surface area contributed by atoms with Crippen LogP contribution in [0.15, 0.2) is 54.6 Å². The SMILES string of the molecule is O=C(O)C1CC1C(=O)c1ccc(-c2ccccc2)cc1. The van der Waals surface area contributed by atoms with Crippen molar-refractivity contribution in [1.82, 2.24) is 0 Å². The molecule has 1 aliphatic rings. The van der Waals surface area contributed by atoms with Crippen LogP contribution in [0.4, 0.5) is 0 Å². The fourth-order valence-electron chi connectivity index (χ4n) is 2.43. The topological polar surface area (TPSA) is 54.4 Å². The minimum Gasteiger partial charge on any atom is -0.481 e. The van der Waals surface area contributed by atoms with Crippen LogP contribution in [0.5, 0.6) is 0 Å². The van der Waals surface area contributed by atoms with E-state index in [1.54, 1.807) is 12.1 Å². The molecule has 0 spiro atoms. The van der Waals surface area contributed by atoms with Crippen LogP contribution in [-0.4, -0.2) is 16.9 Å². The predicted molar refractivity (Wildman–Crippen MR) is 75.4 cm³/mol. The molecule has 2 unspecified atom stereocenters. The standard InChI is InChI=1S/C17H14O3/c18-16(14-10-15(14)17(19)20)13-8-6-12(7-9-13)11-4-2-1-3-5-11/h1-9,14-15H,10H2,(H,19,20). The number of Topliss-reactive ketones (excluding diaryl/α,β-unsaturated/α-hetero) is 1. The molecular weight excluding hydrogens is 252 g/mol. The summed E-state index contributed by atoms with van der Waals surface area (Å²) in [4.78, 5) is 22.9. The van der Waals surface area contributed by atoms with Crippen molar-refractivity contribution in [2.24, 2.45) is 11.8 Å².